The van der Waals surface area contributed by atoms with Crippen LogP contribution < -0.4 is 0 Å². The van der Waals surface area contributed by atoms with Gasteiger partial charge >= 0.3 is 0 Å². The second-order valence-corrected chi connectivity index (χ2v) is 2.52. The Morgan fingerprint density at radius 3 is 2.09 bits per heavy atom. The predicted octanol–water partition coefficient (Wildman–Crippen LogP) is 1.19. The standard InChI is InChI=1S/C9H12O2/c1-4-5-6-9(7(2)10)8(3)11/h1,9H,5-6H2,2-3H3. The highest BCUT2D eigenvalue weighted by atomic mass is 16.1. The van der Waals surface area contributed by atoms with Crippen LogP contribution in [0.3, 0.4) is 0 Å². The van der Waals surface area contributed by atoms with E-state index < -0.39 is 5.92 Å². The lowest BCUT2D eigenvalue weighted by molar-refractivity contribution is -0.130. The topological polar surface area (TPSA) is 34.1 Å². The van der Waals surface area contributed by atoms with Gasteiger partial charge < -0.3 is 0 Å². The molecule has 0 rings (SSSR count). The zero-order chi connectivity index (χ0) is 8.85. The van der Waals surface area contributed by atoms with E-state index in [9.17, 15) is 9.59 Å². The van der Waals surface area contributed by atoms with Gasteiger partial charge in [-0.05, 0) is 20.3 Å². The fraction of sp³-hybridized carbons (Fsp3) is 0.556. The van der Waals surface area contributed by atoms with Gasteiger partial charge in [-0.15, -0.1) is 12.3 Å². The Morgan fingerprint density at radius 1 is 1.36 bits per heavy atom. The molecule has 0 radical (unpaired) electrons. The normalized spacial score (nSPS) is 9.27. The van der Waals surface area contributed by atoms with Crippen molar-refractivity contribution < 1.29 is 9.59 Å². The molecule has 0 aliphatic heterocycles. The second kappa shape index (κ2) is 4.68. The summed E-state index contributed by atoms with van der Waals surface area (Å²) in [7, 11) is 0. The first kappa shape index (κ1) is 9.90. The molecule has 0 unspecified atom stereocenters. The van der Waals surface area contributed by atoms with Crippen LogP contribution in [0.1, 0.15) is 26.7 Å². The molecule has 0 amide bonds. The number of rotatable bonds is 4. The second-order valence-electron chi connectivity index (χ2n) is 2.52. The number of Topliss-reactive ketones (excluding diaryl/α,β-unsaturated/α-hetero) is 2. The summed E-state index contributed by atoms with van der Waals surface area (Å²) < 4.78 is 0. The molecule has 0 aliphatic rings. The summed E-state index contributed by atoms with van der Waals surface area (Å²) in [5.74, 6) is 1.74. The Bertz CT molecular complexity index is 184. The van der Waals surface area contributed by atoms with Crippen molar-refractivity contribution in [2.24, 2.45) is 5.92 Å². The van der Waals surface area contributed by atoms with Crippen LogP contribution in [-0.2, 0) is 9.59 Å². The van der Waals surface area contributed by atoms with Crippen molar-refractivity contribution in [2.45, 2.75) is 26.7 Å². The van der Waals surface area contributed by atoms with Crippen LogP contribution in [0.15, 0.2) is 0 Å². The van der Waals surface area contributed by atoms with E-state index in [1.807, 2.05) is 0 Å². The van der Waals surface area contributed by atoms with E-state index in [-0.39, 0.29) is 11.6 Å². The van der Waals surface area contributed by atoms with Crippen LogP contribution in [-0.4, -0.2) is 11.6 Å². The highest BCUT2D eigenvalue weighted by Crippen LogP contribution is 2.08. The van der Waals surface area contributed by atoms with Crippen LogP contribution in [0.25, 0.3) is 0 Å². The van der Waals surface area contributed by atoms with E-state index in [0.29, 0.717) is 12.8 Å². The Kier molecular flexibility index (Phi) is 4.21. The molecule has 0 aliphatic carbocycles. The van der Waals surface area contributed by atoms with Gasteiger partial charge in [-0.25, -0.2) is 0 Å². The maximum atomic E-state index is 10.8. The summed E-state index contributed by atoms with van der Waals surface area (Å²) in [6.45, 7) is 2.84. The Labute approximate surface area is 67.0 Å². The highest BCUT2D eigenvalue weighted by molar-refractivity contribution is 6.00. The molecule has 0 aromatic carbocycles. The lowest BCUT2D eigenvalue weighted by Crippen LogP contribution is -2.18. The number of terminal acetylenes is 1. The molecule has 0 N–H and O–H groups in total. The predicted molar refractivity (Wildman–Crippen MR) is 42.9 cm³/mol. The van der Waals surface area contributed by atoms with Crippen LogP contribution in [0.2, 0.25) is 0 Å². The number of hydrogen-bond acceptors (Lipinski definition) is 2. The van der Waals surface area contributed by atoms with E-state index in [0.717, 1.165) is 0 Å². The Morgan fingerprint density at radius 2 is 1.82 bits per heavy atom. The average molecular weight is 152 g/mol. The first-order valence-electron chi connectivity index (χ1n) is 3.54. The van der Waals surface area contributed by atoms with Crippen LogP contribution >= 0.6 is 0 Å². The SMILES string of the molecule is C#CCCC(C(C)=O)C(C)=O. The lowest BCUT2D eigenvalue weighted by atomic mass is 9.96. The van der Waals surface area contributed by atoms with Crippen molar-refractivity contribution in [1.82, 2.24) is 0 Å². The summed E-state index contributed by atoms with van der Waals surface area (Å²) in [4.78, 5) is 21.6. The molecule has 0 fully saturated rings. The summed E-state index contributed by atoms with van der Waals surface area (Å²) in [5.41, 5.74) is 0. The summed E-state index contributed by atoms with van der Waals surface area (Å²) >= 11 is 0. The minimum atomic E-state index is -0.481. The van der Waals surface area contributed by atoms with Crippen molar-refractivity contribution in [2.75, 3.05) is 0 Å². The fourth-order valence-electron chi connectivity index (χ4n) is 0.920. The van der Waals surface area contributed by atoms with Crippen LogP contribution in [0.5, 0.6) is 0 Å². The first-order chi connectivity index (χ1) is 5.09. The molecule has 0 atom stereocenters. The van der Waals surface area contributed by atoms with Gasteiger partial charge in [-0.1, -0.05) is 0 Å². The molecule has 0 aromatic rings. The molecule has 0 saturated heterocycles. The zero-order valence-corrected chi connectivity index (χ0v) is 6.89. The van der Waals surface area contributed by atoms with E-state index >= 15 is 0 Å². The van der Waals surface area contributed by atoms with Crippen LogP contribution in [0, 0.1) is 18.3 Å². The molecule has 60 valence electrons. The van der Waals surface area contributed by atoms with Gasteiger partial charge in [0.2, 0.25) is 0 Å². The van der Waals surface area contributed by atoms with Gasteiger partial charge in [0.05, 0.1) is 5.92 Å². The number of carbonyl (C=O) groups is 2. The maximum Gasteiger partial charge on any atom is 0.140 e. The summed E-state index contributed by atoms with van der Waals surface area (Å²) in [6, 6.07) is 0. The average Bonchev–Trinajstić information content (AvgIpc) is 1.87. The molecule has 2 nitrogen and oxygen atoms in total. The quantitative estimate of drug-likeness (QED) is 0.448. The van der Waals surface area contributed by atoms with Crippen molar-refractivity contribution in [3.63, 3.8) is 0 Å². The molecule has 0 bridgehead atoms. The Hall–Kier alpha value is -1.10. The third-order valence-corrected chi connectivity index (χ3v) is 1.56. The van der Waals surface area contributed by atoms with Crippen molar-refractivity contribution >= 4 is 11.6 Å². The maximum absolute atomic E-state index is 10.8. The third kappa shape index (κ3) is 3.57. The largest absolute Gasteiger partial charge is 0.299 e. The molecule has 0 heterocycles. The van der Waals surface area contributed by atoms with Crippen molar-refractivity contribution in [3.05, 3.63) is 0 Å². The Balaban J connectivity index is 4.03. The fourth-order valence-corrected chi connectivity index (χ4v) is 0.920. The molecule has 0 spiro atoms. The molecule has 2 heteroatoms. The zero-order valence-electron chi connectivity index (χ0n) is 6.89. The van der Waals surface area contributed by atoms with E-state index in [4.69, 9.17) is 6.42 Å². The lowest BCUT2D eigenvalue weighted by Gasteiger charge is -2.06. The van der Waals surface area contributed by atoms with Gasteiger partial charge in [-0.2, -0.15) is 0 Å². The summed E-state index contributed by atoms with van der Waals surface area (Å²) in [5, 5.41) is 0. The minimum Gasteiger partial charge on any atom is -0.299 e. The highest BCUT2D eigenvalue weighted by Gasteiger charge is 2.17. The van der Waals surface area contributed by atoms with E-state index in [1.54, 1.807) is 0 Å². The number of ketones is 2. The number of carbonyl (C=O) groups excluding carboxylic acids is 2. The van der Waals surface area contributed by atoms with E-state index in [1.165, 1.54) is 13.8 Å². The van der Waals surface area contributed by atoms with Gasteiger partial charge in [0.1, 0.15) is 11.6 Å². The van der Waals surface area contributed by atoms with Gasteiger partial charge in [0.25, 0.3) is 0 Å². The molecular weight excluding hydrogens is 140 g/mol. The first-order valence-corrected chi connectivity index (χ1v) is 3.54. The van der Waals surface area contributed by atoms with Gasteiger partial charge in [0.15, 0.2) is 0 Å². The monoisotopic (exact) mass is 152 g/mol. The van der Waals surface area contributed by atoms with Gasteiger partial charge in [0, 0.05) is 6.42 Å². The van der Waals surface area contributed by atoms with Crippen molar-refractivity contribution in [3.8, 4) is 12.3 Å². The van der Waals surface area contributed by atoms with Crippen LogP contribution in [0.4, 0.5) is 0 Å². The smallest absolute Gasteiger partial charge is 0.140 e. The molecule has 0 saturated carbocycles. The number of hydrogen-bond donors (Lipinski definition) is 0. The van der Waals surface area contributed by atoms with Crippen molar-refractivity contribution in [1.29, 1.82) is 0 Å². The minimum absolute atomic E-state index is 0.0900. The summed E-state index contributed by atoms with van der Waals surface area (Å²) in [6.07, 6.45) is 5.98. The third-order valence-electron chi connectivity index (χ3n) is 1.56. The van der Waals surface area contributed by atoms with E-state index in [2.05, 4.69) is 5.92 Å². The molecular formula is C9H12O2. The molecule has 0 aromatic heterocycles. The van der Waals surface area contributed by atoms with Gasteiger partial charge in [-0.3, -0.25) is 9.59 Å². The molecule has 11 heavy (non-hydrogen) atoms.